The number of anilines is 1. The molecule has 0 spiro atoms. The molecule has 1 amide bonds. The Hall–Kier alpha value is -3.01. The van der Waals surface area contributed by atoms with Crippen molar-refractivity contribution < 1.29 is 4.79 Å². The van der Waals surface area contributed by atoms with Gasteiger partial charge in [-0.15, -0.1) is 0 Å². The van der Waals surface area contributed by atoms with Crippen molar-refractivity contribution in [1.82, 2.24) is 10.3 Å². The third kappa shape index (κ3) is 2.15. The van der Waals surface area contributed by atoms with E-state index in [1.807, 2.05) is 48.7 Å². The van der Waals surface area contributed by atoms with Crippen LogP contribution in [-0.4, -0.2) is 10.9 Å². The maximum absolute atomic E-state index is 12.2. The molecule has 22 heavy (non-hydrogen) atoms. The van der Waals surface area contributed by atoms with Crippen LogP contribution in [-0.2, 0) is 0 Å². The molecule has 108 valence electrons. The molecule has 2 aromatic carbocycles. The van der Waals surface area contributed by atoms with Crippen LogP contribution in [0.25, 0.3) is 11.1 Å². The SMILES string of the molecule is O=C1NC(c2cc(-c3ccccc3)c[nH]2)Nc2ccccc21. The van der Waals surface area contributed by atoms with E-state index >= 15 is 0 Å². The largest absolute Gasteiger partial charge is 0.361 e. The summed E-state index contributed by atoms with van der Waals surface area (Å²) in [7, 11) is 0. The topological polar surface area (TPSA) is 56.9 Å². The summed E-state index contributed by atoms with van der Waals surface area (Å²) >= 11 is 0. The summed E-state index contributed by atoms with van der Waals surface area (Å²) in [6, 6.07) is 19.7. The minimum Gasteiger partial charge on any atom is -0.361 e. The molecule has 4 nitrogen and oxygen atoms in total. The summed E-state index contributed by atoms with van der Waals surface area (Å²) < 4.78 is 0. The van der Waals surface area contributed by atoms with Crippen molar-refractivity contribution in [3.63, 3.8) is 0 Å². The van der Waals surface area contributed by atoms with E-state index in [0.717, 1.165) is 22.5 Å². The summed E-state index contributed by atoms with van der Waals surface area (Å²) in [5.74, 6) is -0.0600. The first kappa shape index (κ1) is 12.7. The Morgan fingerprint density at radius 2 is 1.59 bits per heavy atom. The maximum atomic E-state index is 12.2. The van der Waals surface area contributed by atoms with Gasteiger partial charge in [-0.1, -0.05) is 42.5 Å². The van der Waals surface area contributed by atoms with Crippen LogP contribution in [0.5, 0.6) is 0 Å². The second-order valence-electron chi connectivity index (χ2n) is 5.31. The van der Waals surface area contributed by atoms with Crippen LogP contribution < -0.4 is 10.6 Å². The monoisotopic (exact) mass is 289 g/mol. The predicted octanol–water partition coefficient (Wildman–Crippen LogP) is 3.54. The number of nitrogens with one attached hydrogen (secondary N) is 3. The van der Waals surface area contributed by atoms with Crippen molar-refractivity contribution >= 4 is 11.6 Å². The third-order valence-corrected chi connectivity index (χ3v) is 3.87. The van der Waals surface area contributed by atoms with Crippen molar-refractivity contribution in [3.8, 4) is 11.1 Å². The van der Waals surface area contributed by atoms with E-state index in [4.69, 9.17) is 0 Å². The van der Waals surface area contributed by atoms with E-state index in [1.54, 1.807) is 0 Å². The number of aromatic amines is 1. The number of hydrogen-bond acceptors (Lipinski definition) is 2. The van der Waals surface area contributed by atoms with E-state index in [1.165, 1.54) is 0 Å². The van der Waals surface area contributed by atoms with E-state index < -0.39 is 0 Å². The number of fused-ring (bicyclic) bond motifs is 1. The van der Waals surface area contributed by atoms with E-state index in [9.17, 15) is 4.79 Å². The highest BCUT2D eigenvalue weighted by Crippen LogP contribution is 2.28. The zero-order valence-corrected chi connectivity index (χ0v) is 11.8. The summed E-state index contributed by atoms with van der Waals surface area (Å²) in [5.41, 5.74) is 4.71. The minimum atomic E-state index is -0.250. The fourth-order valence-corrected chi connectivity index (χ4v) is 2.74. The zero-order chi connectivity index (χ0) is 14.9. The summed E-state index contributed by atoms with van der Waals surface area (Å²) in [6.45, 7) is 0. The lowest BCUT2D eigenvalue weighted by molar-refractivity contribution is 0.0935. The molecule has 0 fully saturated rings. The summed E-state index contributed by atoms with van der Waals surface area (Å²) in [6.07, 6.45) is 1.71. The Morgan fingerprint density at radius 3 is 2.45 bits per heavy atom. The lowest BCUT2D eigenvalue weighted by Gasteiger charge is -2.27. The van der Waals surface area contributed by atoms with Gasteiger partial charge in [0.1, 0.15) is 6.17 Å². The van der Waals surface area contributed by atoms with Crippen molar-refractivity contribution in [2.45, 2.75) is 6.17 Å². The average molecular weight is 289 g/mol. The van der Waals surface area contributed by atoms with Crippen molar-refractivity contribution in [2.75, 3.05) is 5.32 Å². The number of carbonyl (C=O) groups is 1. The Balaban J connectivity index is 1.64. The maximum Gasteiger partial charge on any atom is 0.255 e. The molecule has 3 aromatic rings. The average Bonchev–Trinajstić information content (AvgIpc) is 3.06. The predicted molar refractivity (Wildman–Crippen MR) is 86.5 cm³/mol. The molecule has 1 aromatic heterocycles. The highest BCUT2D eigenvalue weighted by Gasteiger charge is 2.25. The van der Waals surface area contributed by atoms with Crippen LogP contribution in [0.1, 0.15) is 22.2 Å². The number of benzene rings is 2. The fraction of sp³-hybridized carbons (Fsp3) is 0.0556. The highest BCUT2D eigenvalue weighted by atomic mass is 16.2. The smallest absolute Gasteiger partial charge is 0.255 e. The first-order valence-electron chi connectivity index (χ1n) is 7.21. The van der Waals surface area contributed by atoms with Crippen LogP contribution in [0.3, 0.4) is 0 Å². The van der Waals surface area contributed by atoms with E-state index in [-0.39, 0.29) is 12.1 Å². The lowest BCUT2D eigenvalue weighted by atomic mass is 10.1. The van der Waals surface area contributed by atoms with Gasteiger partial charge < -0.3 is 15.6 Å². The van der Waals surface area contributed by atoms with Crippen molar-refractivity contribution in [3.05, 3.63) is 78.1 Å². The molecule has 1 unspecified atom stereocenters. The van der Waals surface area contributed by atoms with Crippen LogP contribution >= 0.6 is 0 Å². The molecule has 2 heterocycles. The Kier molecular flexibility index (Phi) is 2.93. The van der Waals surface area contributed by atoms with Crippen molar-refractivity contribution in [1.29, 1.82) is 0 Å². The molecule has 4 rings (SSSR count). The van der Waals surface area contributed by atoms with Gasteiger partial charge in [-0.3, -0.25) is 4.79 Å². The molecule has 3 N–H and O–H groups in total. The summed E-state index contributed by atoms with van der Waals surface area (Å²) in [5, 5.41) is 6.32. The molecule has 1 aliphatic heterocycles. The number of aromatic nitrogens is 1. The number of hydrogen-bond donors (Lipinski definition) is 3. The van der Waals surface area contributed by atoms with Crippen LogP contribution in [0.15, 0.2) is 66.9 Å². The second-order valence-corrected chi connectivity index (χ2v) is 5.31. The molecule has 1 aliphatic rings. The molecular formula is C18H15N3O. The van der Waals surface area contributed by atoms with Gasteiger partial charge in [0.15, 0.2) is 0 Å². The number of rotatable bonds is 2. The molecule has 0 bridgehead atoms. The van der Waals surface area contributed by atoms with Crippen LogP contribution in [0, 0.1) is 0 Å². The normalized spacial score (nSPS) is 16.5. The fourth-order valence-electron chi connectivity index (χ4n) is 2.74. The first-order valence-corrected chi connectivity index (χ1v) is 7.21. The molecular weight excluding hydrogens is 274 g/mol. The molecule has 0 saturated heterocycles. The van der Waals surface area contributed by atoms with Gasteiger partial charge in [-0.25, -0.2) is 0 Å². The lowest BCUT2D eigenvalue weighted by Crippen LogP contribution is -2.38. The van der Waals surface area contributed by atoms with Gasteiger partial charge in [0, 0.05) is 11.9 Å². The molecule has 1 atom stereocenters. The first-order chi connectivity index (χ1) is 10.8. The molecule has 0 aliphatic carbocycles. The van der Waals surface area contributed by atoms with Gasteiger partial charge in [0.05, 0.1) is 11.3 Å². The Morgan fingerprint density at radius 1 is 0.818 bits per heavy atom. The van der Waals surface area contributed by atoms with Gasteiger partial charge in [-0.2, -0.15) is 0 Å². The molecule has 0 radical (unpaired) electrons. The highest BCUT2D eigenvalue weighted by molar-refractivity contribution is 6.01. The van der Waals surface area contributed by atoms with E-state index in [2.05, 4.69) is 33.8 Å². The van der Waals surface area contributed by atoms with Crippen molar-refractivity contribution in [2.24, 2.45) is 0 Å². The van der Waals surface area contributed by atoms with Gasteiger partial charge in [-0.05, 0) is 29.3 Å². The Labute approximate surface area is 128 Å². The number of amides is 1. The van der Waals surface area contributed by atoms with Gasteiger partial charge in [0.25, 0.3) is 5.91 Å². The summed E-state index contributed by atoms with van der Waals surface area (Å²) in [4.78, 5) is 15.4. The second kappa shape index (κ2) is 5.07. The Bertz CT molecular complexity index is 823. The molecule has 4 heteroatoms. The zero-order valence-electron chi connectivity index (χ0n) is 11.8. The van der Waals surface area contributed by atoms with Crippen LogP contribution in [0.4, 0.5) is 5.69 Å². The van der Waals surface area contributed by atoms with Gasteiger partial charge in [0.2, 0.25) is 0 Å². The van der Waals surface area contributed by atoms with Crippen LogP contribution in [0.2, 0.25) is 0 Å². The third-order valence-electron chi connectivity index (χ3n) is 3.87. The molecule has 0 saturated carbocycles. The van der Waals surface area contributed by atoms with E-state index in [0.29, 0.717) is 5.56 Å². The number of carbonyl (C=O) groups excluding carboxylic acids is 1. The number of para-hydroxylation sites is 1. The number of H-pyrrole nitrogens is 1. The van der Waals surface area contributed by atoms with Gasteiger partial charge >= 0.3 is 0 Å². The minimum absolute atomic E-state index is 0.0600. The standard InChI is InChI=1S/C18H15N3O/c22-18-14-8-4-5-9-15(14)20-17(21-18)16-10-13(11-19-16)12-6-2-1-3-7-12/h1-11,17,19-20H,(H,21,22). The quantitative estimate of drug-likeness (QED) is 0.676.